The summed E-state index contributed by atoms with van der Waals surface area (Å²) < 4.78 is 0. The maximum atomic E-state index is 11.1. The largest absolute Gasteiger partial charge is 0.507 e. The highest BCUT2D eigenvalue weighted by Crippen LogP contribution is 2.29. The summed E-state index contributed by atoms with van der Waals surface area (Å²) in [7, 11) is 0. The molecule has 2 rings (SSSR count). The number of amides is 1. The molecule has 0 aliphatic rings. The number of phenolic OH excluding ortho intramolecular Hbond substituents is 1. The van der Waals surface area contributed by atoms with Gasteiger partial charge in [-0.25, -0.2) is 0 Å². The van der Waals surface area contributed by atoms with Crippen LogP contribution in [0.25, 0.3) is 11.3 Å². The van der Waals surface area contributed by atoms with Gasteiger partial charge in [0, 0.05) is 5.56 Å². The van der Waals surface area contributed by atoms with Crippen LogP contribution in [0.3, 0.4) is 0 Å². The van der Waals surface area contributed by atoms with Gasteiger partial charge in [-0.15, -0.1) is 0 Å². The van der Waals surface area contributed by atoms with E-state index in [0.29, 0.717) is 5.56 Å². The molecule has 0 unspecified atom stereocenters. The second-order valence-corrected chi connectivity index (χ2v) is 3.41. The van der Waals surface area contributed by atoms with E-state index in [1.807, 2.05) is 6.92 Å². The van der Waals surface area contributed by atoms with E-state index >= 15 is 0 Å². The van der Waals surface area contributed by atoms with Crippen molar-refractivity contribution in [2.45, 2.75) is 6.92 Å². The predicted octanol–water partition coefficient (Wildman–Crippen LogP) is 0.585. The van der Waals surface area contributed by atoms with Crippen LogP contribution in [0.2, 0.25) is 0 Å². The van der Waals surface area contributed by atoms with Crippen LogP contribution in [0.5, 0.6) is 5.75 Å². The summed E-state index contributed by atoms with van der Waals surface area (Å²) in [6, 6.07) is 4.99. The van der Waals surface area contributed by atoms with Gasteiger partial charge in [-0.3, -0.25) is 4.79 Å². The molecule has 2 aromatic rings. The fourth-order valence-corrected chi connectivity index (χ4v) is 1.43. The fourth-order valence-electron chi connectivity index (χ4n) is 1.43. The zero-order valence-electron chi connectivity index (χ0n) is 8.56. The normalized spacial score (nSPS) is 10.3. The third-order valence-electron chi connectivity index (χ3n) is 2.19. The minimum Gasteiger partial charge on any atom is -0.507 e. The van der Waals surface area contributed by atoms with E-state index in [0.717, 1.165) is 5.56 Å². The summed E-state index contributed by atoms with van der Waals surface area (Å²) >= 11 is 0. The van der Waals surface area contributed by atoms with Crippen molar-refractivity contribution in [1.82, 2.24) is 15.4 Å². The number of hydrogen-bond acceptors (Lipinski definition) is 4. The number of H-pyrrole nitrogens is 1. The van der Waals surface area contributed by atoms with E-state index in [4.69, 9.17) is 5.73 Å². The fraction of sp³-hybridized carbons (Fsp3) is 0.100. The minimum atomic E-state index is -0.690. The first-order valence-electron chi connectivity index (χ1n) is 4.60. The zero-order chi connectivity index (χ0) is 11.7. The van der Waals surface area contributed by atoms with Crippen LogP contribution in [0.4, 0.5) is 0 Å². The third-order valence-corrected chi connectivity index (χ3v) is 2.19. The molecule has 1 heterocycles. The molecule has 0 spiro atoms. The molecular weight excluding hydrogens is 208 g/mol. The monoisotopic (exact) mass is 218 g/mol. The maximum Gasteiger partial charge on any atom is 0.271 e. The van der Waals surface area contributed by atoms with E-state index in [1.165, 1.54) is 6.07 Å². The molecule has 1 amide bonds. The Morgan fingerprint density at radius 2 is 2.19 bits per heavy atom. The lowest BCUT2D eigenvalue weighted by molar-refractivity contribution is 0.0996. The third kappa shape index (κ3) is 1.60. The summed E-state index contributed by atoms with van der Waals surface area (Å²) in [5.74, 6) is -0.661. The molecule has 0 aliphatic heterocycles. The number of aromatic nitrogens is 3. The van der Waals surface area contributed by atoms with Crippen molar-refractivity contribution in [3.05, 3.63) is 29.5 Å². The first kappa shape index (κ1) is 10.2. The molecule has 0 atom stereocenters. The van der Waals surface area contributed by atoms with Gasteiger partial charge in [0.2, 0.25) is 0 Å². The van der Waals surface area contributed by atoms with Crippen molar-refractivity contribution in [2.24, 2.45) is 5.73 Å². The predicted molar refractivity (Wildman–Crippen MR) is 56.7 cm³/mol. The highest BCUT2D eigenvalue weighted by molar-refractivity contribution is 5.97. The Morgan fingerprint density at radius 3 is 2.88 bits per heavy atom. The molecule has 0 fully saturated rings. The number of rotatable bonds is 2. The van der Waals surface area contributed by atoms with E-state index in [-0.39, 0.29) is 17.1 Å². The number of carbonyl (C=O) groups is 1. The first-order chi connectivity index (χ1) is 7.59. The van der Waals surface area contributed by atoms with Crippen molar-refractivity contribution < 1.29 is 9.90 Å². The molecular formula is C10H10N4O2. The number of nitrogens with two attached hydrogens (primary N) is 1. The van der Waals surface area contributed by atoms with Crippen molar-refractivity contribution >= 4 is 5.91 Å². The summed E-state index contributed by atoms with van der Waals surface area (Å²) in [6.45, 7) is 1.87. The number of phenols is 1. The molecule has 16 heavy (non-hydrogen) atoms. The number of hydrogen-bond donors (Lipinski definition) is 3. The molecule has 0 saturated heterocycles. The molecule has 0 radical (unpaired) electrons. The van der Waals surface area contributed by atoms with Crippen LogP contribution >= 0.6 is 0 Å². The maximum absolute atomic E-state index is 11.1. The van der Waals surface area contributed by atoms with E-state index < -0.39 is 5.91 Å². The molecule has 82 valence electrons. The minimum absolute atomic E-state index is 0.0147. The van der Waals surface area contributed by atoms with E-state index in [1.54, 1.807) is 12.1 Å². The highest BCUT2D eigenvalue weighted by Gasteiger charge is 2.17. The number of benzene rings is 1. The zero-order valence-corrected chi connectivity index (χ0v) is 8.56. The quantitative estimate of drug-likeness (QED) is 0.685. The van der Waals surface area contributed by atoms with Crippen LogP contribution in [0.1, 0.15) is 16.1 Å². The average Bonchev–Trinajstić information content (AvgIpc) is 2.70. The molecule has 1 aromatic heterocycles. The number of carbonyl (C=O) groups excluding carboxylic acids is 1. The van der Waals surface area contributed by atoms with Gasteiger partial charge in [0.25, 0.3) is 5.91 Å². The Hall–Kier alpha value is -2.37. The number of nitrogens with zero attached hydrogens (tertiary/aromatic N) is 2. The van der Waals surface area contributed by atoms with Crippen molar-refractivity contribution in [3.63, 3.8) is 0 Å². The number of aromatic amines is 1. The second kappa shape index (κ2) is 3.65. The summed E-state index contributed by atoms with van der Waals surface area (Å²) in [5, 5.41) is 19.4. The van der Waals surface area contributed by atoms with Crippen molar-refractivity contribution in [1.29, 1.82) is 0 Å². The van der Waals surface area contributed by atoms with Gasteiger partial charge < -0.3 is 10.8 Å². The topological polar surface area (TPSA) is 105 Å². The summed E-state index contributed by atoms with van der Waals surface area (Å²) in [4.78, 5) is 11.1. The molecule has 1 aromatic carbocycles. The lowest BCUT2D eigenvalue weighted by atomic mass is 10.1. The first-order valence-corrected chi connectivity index (χ1v) is 4.60. The molecule has 4 N–H and O–H groups in total. The molecule has 0 bridgehead atoms. The number of aryl methyl sites for hydroxylation is 1. The molecule has 0 saturated carbocycles. The Balaban J connectivity index is 2.62. The number of nitrogens with one attached hydrogen (secondary N) is 1. The SMILES string of the molecule is Cc1ccc(O)c(-c2n[nH]nc2C(N)=O)c1. The van der Waals surface area contributed by atoms with Gasteiger partial charge >= 0.3 is 0 Å². The van der Waals surface area contributed by atoms with Crippen LogP contribution in [-0.4, -0.2) is 26.4 Å². The van der Waals surface area contributed by atoms with Crippen LogP contribution in [-0.2, 0) is 0 Å². The van der Waals surface area contributed by atoms with Crippen molar-refractivity contribution in [3.8, 4) is 17.0 Å². The molecule has 0 aliphatic carbocycles. The van der Waals surface area contributed by atoms with Gasteiger partial charge in [-0.05, 0) is 19.1 Å². The molecule has 6 heteroatoms. The number of aromatic hydroxyl groups is 1. The number of primary amides is 1. The molecule has 6 nitrogen and oxygen atoms in total. The second-order valence-electron chi connectivity index (χ2n) is 3.41. The Labute approximate surface area is 91.1 Å². The van der Waals surface area contributed by atoms with Gasteiger partial charge in [0.15, 0.2) is 5.69 Å². The lowest BCUT2D eigenvalue weighted by Gasteiger charge is -2.03. The lowest BCUT2D eigenvalue weighted by Crippen LogP contribution is -2.12. The standard InChI is InChI=1S/C10H10N4O2/c1-5-2-3-7(15)6(4-5)8-9(10(11)16)13-14-12-8/h2-4,15H,1H3,(H2,11,16)(H,12,13,14). The smallest absolute Gasteiger partial charge is 0.271 e. The van der Waals surface area contributed by atoms with Gasteiger partial charge in [0.1, 0.15) is 11.4 Å². The summed E-state index contributed by atoms with van der Waals surface area (Å²) in [6.07, 6.45) is 0. The van der Waals surface area contributed by atoms with Crippen LogP contribution in [0.15, 0.2) is 18.2 Å². The van der Waals surface area contributed by atoms with Crippen LogP contribution in [0, 0.1) is 6.92 Å². The van der Waals surface area contributed by atoms with E-state index in [2.05, 4.69) is 15.4 Å². The average molecular weight is 218 g/mol. The van der Waals surface area contributed by atoms with Gasteiger partial charge in [-0.1, -0.05) is 11.6 Å². The Kier molecular flexibility index (Phi) is 2.32. The highest BCUT2D eigenvalue weighted by atomic mass is 16.3. The van der Waals surface area contributed by atoms with Crippen molar-refractivity contribution in [2.75, 3.05) is 0 Å². The Morgan fingerprint density at radius 1 is 1.44 bits per heavy atom. The Bertz CT molecular complexity index is 548. The summed E-state index contributed by atoms with van der Waals surface area (Å²) in [5.41, 5.74) is 6.78. The van der Waals surface area contributed by atoms with Crippen LogP contribution < -0.4 is 5.73 Å². The van der Waals surface area contributed by atoms with Gasteiger partial charge in [-0.2, -0.15) is 15.4 Å². The van der Waals surface area contributed by atoms with E-state index in [9.17, 15) is 9.90 Å². The van der Waals surface area contributed by atoms with Gasteiger partial charge in [0.05, 0.1) is 0 Å².